The molecule has 3 N–H and O–H groups in total. The lowest BCUT2D eigenvalue weighted by Gasteiger charge is -2.08. The summed E-state index contributed by atoms with van der Waals surface area (Å²) < 4.78 is 5.35. The third kappa shape index (κ3) is 1.49. The Labute approximate surface area is 81.4 Å². The fraction of sp³-hybridized carbons (Fsp3) is 0.300. The van der Waals surface area contributed by atoms with Gasteiger partial charge in [-0.15, -0.1) is 0 Å². The van der Waals surface area contributed by atoms with Crippen molar-refractivity contribution in [1.29, 1.82) is 0 Å². The lowest BCUT2D eigenvalue weighted by Crippen LogP contribution is -2.24. The second kappa shape index (κ2) is 3.40. The number of hydrogen-bond donors (Lipinski definition) is 2. The molecule has 0 radical (unpaired) electrons. The fourth-order valence-corrected chi connectivity index (χ4v) is 1.24. The molecule has 74 valence electrons. The van der Waals surface area contributed by atoms with Crippen LogP contribution in [0.1, 0.15) is 18.9 Å². The van der Waals surface area contributed by atoms with E-state index in [0.29, 0.717) is 5.58 Å². The van der Waals surface area contributed by atoms with E-state index in [1.54, 1.807) is 13.0 Å². The van der Waals surface area contributed by atoms with Gasteiger partial charge in [-0.2, -0.15) is 0 Å². The molecule has 0 aliphatic rings. The third-order valence-electron chi connectivity index (χ3n) is 2.06. The van der Waals surface area contributed by atoms with Crippen LogP contribution in [-0.2, 0) is 0 Å². The van der Waals surface area contributed by atoms with E-state index in [1.807, 2.05) is 18.2 Å². The second-order valence-electron chi connectivity index (χ2n) is 3.32. The highest BCUT2D eigenvalue weighted by molar-refractivity contribution is 5.72. The molecule has 0 fully saturated rings. The van der Waals surface area contributed by atoms with Crippen LogP contribution >= 0.6 is 0 Å². The highest BCUT2D eigenvalue weighted by Gasteiger charge is 2.18. The van der Waals surface area contributed by atoms with Gasteiger partial charge in [-0.05, 0) is 19.1 Å². The molecule has 0 aliphatic carbocycles. The molecule has 14 heavy (non-hydrogen) atoms. The van der Waals surface area contributed by atoms with E-state index in [2.05, 4.69) is 4.98 Å². The molecule has 2 atom stereocenters. The summed E-state index contributed by atoms with van der Waals surface area (Å²) in [6, 6.07) is 6.97. The van der Waals surface area contributed by atoms with Gasteiger partial charge in [0.15, 0.2) is 5.58 Å². The van der Waals surface area contributed by atoms with Gasteiger partial charge in [-0.3, -0.25) is 0 Å². The first-order valence-electron chi connectivity index (χ1n) is 4.47. The molecular weight excluding hydrogens is 180 g/mol. The van der Waals surface area contributed by atoms with Crippen molar-refractivity contribution in [3.63, 3.8) is 0 Å². The third-order valence-corrected chi connectivity index (χ3v) is 2.06. The number of aliphatic hydroxyl groups excluding tert-OH is 1. The van der Waals surface area contributed by atoms with E-state index in [1.165, 1.54) is 0 Å². The molecule has 1 unspecified atom stereocenters. The largest absolute Gasteiger partial charge is 0.438 e. The number of oxazole rings is 1. The Morgan fingerprint density at radius 2 is 2.14 bits per heavy atom. The summed E-state index contributed by atoms with van der Waals surface area (Å²) in [6.45, 7) is 1.71. The molecule has 0 aliphatic heterocycles. The normalized spacial score (nSPS) is 15.6. The molecule has 1 aromatic heterocycles. The maximum Gasteiger partial charge on any atom is 0.225 e. The number of fused-ring (bicyclic) bond motifs is 1. The minimum absolute atomic E-state index is 0.279. The van der Waals surface area contributed by atoms with Crippen molar-refractivity contribution in [2.24, 2.45) is 5.73 Å². The van der Waals surface area contributed by atoms with Crippen LogP contribution in [-0.4, -0.2) is 16.1 Å². The summed E-state index contributed by atoms with van der Waals surface area (Å²) in [6.07, 6.45) is -0.845. The van der Waals surface area contributed by atoms with Crippen LogP contribution in [0.2, 0.25) is 0 Å². The van der Waals surface area contributed by atoms with Crippen LogP contribution in [0.15, 0.2) is 28.7 Å². The van der Waals surface area contributed by atoms with Crippen molar-refractivity contribution in [3.8, 4) is 0 Å². The Balaban J connectivity index is 2.45. The van der Waals surface area contributed by atoms with Gasteiger partial charge in [-0.25, -0.2) is 4.98 Å². The maximum absolute atomic E-state index is 9.62. The standard InChI is InChI=1S/C10H12N2O2/c1-6(11)9(13)10-12-7-4-2-3-5-8(7)14-10/h2-6,9,13H,11H2,1H3/t6?,9-/m1/s1. The van der Waals surface area contributed by atoms with Crippen molar-refractivity contribution in [3.05, 3.63) is 30.2 Å². The number of para-hydroxylation sites is 2. The monoisotopic (exact) mass is 192 g/mol. The van der Waals surface area contributed by atoms with E-state index in [4.69, 9.17) is 10.2 Å². The summed E-state index contributed by atoms with van der Waals surface area (Å²) in [4.78, 5) is 4.14. The summed E-state index contributed by atoms with van der Waals surface area (Å²) >= 11 is 0. The molecule has 4 nitrogen and oxygen atoms in total. The molecule has 4 heteroatoms. The van der Waals surface area contributed by atoms with Crippen molar-refractivity contribution >= 4 is 11.1 Å². The van der Waals surface area contributed by atoms with Gasteiger partial charge >= 0.3 is 0 Å². The summed E-state index contributed by atoms with van der Waals surface area (Å²) in [5, 5.41) is 9.62. The Hall–Kier alpha value is -1.39. The second-order valence-corrected chi connectivity index (χ2v) is 3.32. The van der Waals surface area contributed by atoms with Gasteiger partial charge in [-0.1, -0.05) is 12.1 Å². The highest BCUT2D eigenvalue weighted by Crippen LogP contribution is 2.20. The van der Waals surface area contributed by atoms with Gasteiger partial charge in [0.2, 0.25) is 5.89 Å². The summed E-state index contributed by atoms with van der Waals surface area (Å²) in [7, 11) is 0. The Bertz CT molecular complexity index is 403. The van der Waals surface area contributed by atoms with Crippen LogP contribution in [0.4, 0.5) is 0 Å². The SMILES string of the molecule is CC(N)[C@@H](O)c1nc2ccccc2o1. The van der Waals surface area contributed by atoms with E-state index >= 15 is 0 Å². The lowest BCUT2D eigenvalue weighted by molar-refractivity contribution is 0.123. The predicted molar refractivity (Wildman–Crippen MR) is 52.6 cm³/mol. The molecule has 2 rings (SSSR count). The van der Waals surface area contributed by atoms with E-state index in [9.17, 15) is 5.11 Å². The van der Waals surface area contributed by atoms with Crippen LogP contribution in [0.3, 0.4) is 0 Å². The number of aromatic nitrogens is 1. The molecule has 1 aromatic carbocycles. The smallest absolute Gasteiger partial charge is 0.225 e. The lowest BCUT2D eigenvalue weighted by atomic mass is 10.2. The quantitative estimate of drug-likeness (QED) is 0.750. The minimum Gasteiger partial charge on any atom is -0.438 e. The topological polar surface area (TPSA) is 72.3 Å². The predicted octanol–water partition coefficient (Wildman–Crippen LogP) is 1.21. The van der Waals surface area contributed by atoms with Gasteiger partial charge < -0.3 is 15.3 Å². The number of rotatable bonds is 2. The van der Waals surface area contributed by atoms with Crippen molar-refractivity contribution in [2.45, 2.75) is 19.1 Å². The van der Waals surface area contributed by atoms with Crippen LogP contribution in [0.25, 0.3) is 11.1 Å². The summed E-state index contributed by atoms with van der Waals surface area (Å²) in [5.74, 6) is 0.279. The van der Waals surface area contributed by atoms with Gasteiger partial charge in [0.05, 0.1) is 0 Å². The first kappa shape index (κ1) is 9.18. The Morgan fingerprint density at radius 3 is 2.79 bits per heavy atom. The van der Waals surface area contributed by atoms with E-state index in [-0.39, 0.29) is 11.9 Å². The fourth-order valence-electron chi connectivity index (χ4n) is 1.24. The van der Waals surface area contributed by atoms with E-state index in [0.717, 1.165) is 5.52 Å². The molecule has 0 amide bonds. The number of nitrogens with zero attached hydrogens (tertiary/aromatic N) is 1. The van der Waals surface area contributed by atoms with Gasteiger partial charge in [0.25, 0.3) is 0 Å². The zero-order valence-electron chi connectivity index (χ0n) is 7.84. The molecule has 0 bridgehead atoms. The molecule has 0 saturated heterocycles. The van der Waals surface area contributed by atoms with Crippen LogP contribution in [0.5, 0.6) is 0 Å². The number of aliphatic hydroxyl groups is 1. The molecule has 0 saturated carbocycles. The van der Waals surface area contributed by atoms with Gasteiger partial charge in [0.1, 0.15) is 11.6 Å². The number of nitrogens with two attached hydrogens (primary N) is 1. The summed E-state index contributed by atoms with van der Waals surface area (Å²) in [5.41, 5.74) is 6.95. The molecule has 2 aromatic rings. The van der Waals surface area contributed by atoms with E-state index < -0.39 is 6.10 Å². The zero-order chi connectivity index (χ0) is 10.1. The highest BCUT2D eigenvalue weighted by atomic mass is 16.4. The average molecular weight is 192 g/mol. The molecule has 1 heterocycles. The molecule has 0 spiro atoms. The minimum atomic E-state index is -0.845. The van der Waals surface area contributed by atoms with Crippen molar-refractivity contribution in [1.82, 2.24) is 4.98 Å². The van der Waals surface area contributed by atoms with Crippen LogP contribution < -0.4 is 5.73 Å². The first-order valence-corrected chi connectivity index (χ1v) is 4.47. The average Bonchev–Trinajstić information content (AvgIpc) is 2.59. The van der Waals surface area contributed by atoms with Crippen molar-refractivity contribution in [2.75, 3.05) is 0 Å². The number of benzene rings is 1. The zero-order valence-corrected chi connectivity index (χ0v) is 7.84. The first-order chi connectivity index (χ1) is 6.68. The maximum atomic E-state index is 9.62. The van der Waals surface area contributed by atoms with Gasteiger partial charge in [0, 0.05) is 6.04 Å². The Morgan fingerprint density at radius 1 is 1.43 bits per heavy atom. The molecular formula is C10H12N2O2. The van der Waals surface area contributed by atoms with Crippen LogP contribution in [0, 0.1) is 0 Å². The van der Waals surface area contributed by atoms with Crippen molar-refractivity contribution < 1.29 is 9.52 Å². The number of hydrogen-bond acceptors (Lipinski definition) is 4. The Kier molecular flexibility index (Phi) is 2.23.